The zero-order chi connectivity index (χ0) is 10.1. The first-order valence-electron chi connectivity index (χ1n) is 4.44. The molecule has 1 amide bonds. The molecule has 1 saturated heterocycles. The summed E-state index contributed by atoms with van der Waals surface area (Å²) in [7, 11) is 0. The van der Waals surface area contributed by atoms with E-state index >= 15 is 0 Å². The molecule has 5 nitrogen and oxygen atoms in total. The first-order chi connectivity index (χ1) is 6.66. The van der Waals surface area contributed by atoms with Crippen LogP contribution in [0.25, 0.3) is 0 Å². The van der Waals surface area contributed by atoms with Gasteiger partial charge in [0, 0.05) is 6.20 Å². The molecule has 1 N–H and O–H groups in total. The number of aliphatic hydroxyl groups excluding tert-OH is 1. The van der Waals surface area contributed by atoms with Crippen molar-refractivity contribution >= 4 is 11.7 Å². The molecule has 1 aliphatic heterocycles. The highest BCUT2D eigenvalue weighted by Crippen LogP contribution is 2.18. The number of aliphatic hydroxyl groups is 1. The van der Waals surface area contributed by atoms with Crippen LogP contribution in [-0.2, 0) is 4.79 Å². The van der Waals surface area contributed by atoms with Crippen molar-refractivity contribution in [3.05, 3.63) is 18.1 Å². The lowest BCUT2D eigenvalue weighted by Crippen LogP contribution is -2.26. The van der Waals surface area contributed by atoms with E-state index in [2.05, 4.69) is 9.97 Å². The molecule has 1 aliphatic rings. The zero-order valence-electron chi connectivity index (χ0n) is 7.84. The van der Waals surface area contributed by atoms with E-state index in [0.29, 0.717) is 12.4 Å². The van der Waals surface area contributed by atoms with E-state index in [1.165, 1.54) is 11.1 Å². The predicted molar refractivity (Wildman–Crippen MR) is 49.7 cm³/mol. The first kappa shape index (κ1) is 9.08. The van der Waals surface area contributed by atoms with Crippen LogP contribution in [0, 0.1) is 6.92 Å². The number of rotatable bonds is 1. The molecule has 2 heterocycles. The Hall–Kier alpha value is -1.49. The Morgan fingerprint density at radius 3 is 2.93 bits per heavy atom. The number of anilines is 1. The second-order valence-corrected chi connectivity index (χ2v) is 3.38. The largest absolute Gasteiger partial charge is 0.391 e. The van der Waals surface area contributed by atoms with Crippen LogP contribution in [-0.4, -0.2) is 33.6 Å². The van der Waals surface area contributed by atoms with E-state index in [1.54, 1.807) is 6.20 Å². The molecule has 2 rings (SSSR count). The van der Waals surface area contributed by atoms with E-state index in [0.717, 1.165) is 5.69 Å². The molecule has 1 aromatic heterocycles. The Labute approximate surface area is 81.4 Å². The van der Waals surface area contributed by atoms with Crippen LogP contribution in [0.3, 0.4) is 0 Å². The van der Waals surface area contributed by atoms with Crippen LogP contribution in [0.15, 0.2) is 12.4 Å². The SMILES string of the molecule is Cc1cncc(N2CC(O)CC2=O)n1. The average molecular weight is 193 g/mol. The highest BCUT2D eigenvalue weighted by Gasteiger charge is 2.29. The number of hydrogen-bond donors (Lipinski definition) is 1. The van der Waals surface area contributed by atoms with Gasteiger partial charge in [-0.05, 0) is 6.92 Å². The fraction of sp³-hybridized carbons (Fsp3) is 0.444. The molecule has 1 atom stereocenters. The summed E-state index contributed by atoms with van der Waals surface area (Å²) >= 11 is 0. The van der Waals surface area contributed by atoms with E-state index in [-0.39, 0.29) is 12.3 Å². The van der Waals surface area contributed by atoms with Crippen molar-refractivity contribution in [3.63, 3.8) is 0 Å². The van der Waals surface area contributed by atoms with Crippen molar-refractivity contribution in [1.29, 1.82) is 0 Å². The molecule has 0 bridgehead atoms. The summed E-state index contributed by atoms with van der Waals surface area (Å²) in [6.45, 7) is 2.13. The molecule has 14 heavy (non-hydrogen) atoms. The highest BCUT2D eigenvalue weighted by molar-refractivity contribution is 5.95. The second kappa shape index (κ2) is 3.34. The van der Waals surface area contributed by atoms with Gasteiger partial charge in [-0.1, -0.05) is 0 Å². The van der Waals surface area contributed by atoms with E-state index < -0.39 is 6.10 Å². The number of aromatic nitrogens is 2. The number of nitrogens with zero attached hydrogens (tertiary/aromatic N) is 3. The van der Waals surface area contributed by atoms with Crippen molar-refractivity contribution in [2.45, 2.75) is 19.4 Å². The number of aryl methyl sites for hydroxylation is 1. The quantitative estimate of drug-likeness (QED) is 0.675. The smallest absolute Gasteiger partial charge is 0.230 e. The Morgan fingerprint density at radius 1 is 1.57 bits per heavy atom. The minimum Gasteiger partial charge on any atom is -0.391 e. The fourth-order valence-corrected chi connectivity index (χ4v) is 1.49. The van der Waals surface area contributed by atoms with Crippen LogP contribution in [0.5, 0.6) is 0 Å². The Bertz CT molecular complexity index is 367. The second-order valence-electron chi connectivity index (χ2n) is 3.38. The molecule has 0 radical (unpaired) electrons. The third-order valence-corrected chi connectivity index (χ3v) is 2.12. The zero-order valence-corrected chi connectivity index (χ0v) is 7.84. The first-order valence-corrected chi connectivity index (χ1v) is 4.44. The van der Waals surface area contributed by atoms with Crippen molar-refractivity contribution in [2.24, 2.45) is 0 Å². The molecular formula is C9H11N3O2. The summed E-state index contributed by atoms with van der Waals surface area (Å²) in [5.41, 5.74) is 0.761. The van der Waals surface area contributed by atoms with Crippen molar-refractivity contribution in [1.82, 2.24) is 9.97 Å². The molecule has 1 unspecified atom stereocenters. The van der Waals surface area contributed by atoms with E-state index in [1.807, 2.05) is 6.92 Å². The van der Waals surface area contributed by atoms with Gasteiger partial charge < -0.3 is 5.11 Å². The summed E-state index contributed by atoms with van der Waals surface area (Å²) in [5.74, 6) is 0.420. The molecule has 5 heteroatoms. The van der Waals surface area contributed by atoms with Crippen LogP contribution >= 0.6 is 0 Å². The van der Waals surface area contributed by atoms with Gasteiger partial charge in [0.25, 0.3) is 0 Å². The Kier molecular flexibility index (Phi) is 2.17. The van der Waals surface area contributed by atoms with Gasteiger partial charge in [0.05, 0.1) is 31.0 Å². The summed E-state index contributed by atoms with van der Waals surface area (Å²) in [6, 6.07) is 0. The van der Waals surface area contributed by atoms with Gasteiger partial charge >= 0.3 is 0 Å². The van der Waals surface area contributed by atoms with Gasteiger partial charge in [-0.15, -0.1) is 0 Å². The van der Waals surface area contributed by atoms with Gasteiger partial charge in [-0.25, -0.2) is 4.98 Å². The van der Waals surface area contributed by atoms with Crippen LogP contribution in [0.2, 0.25) is 0 Å². The van der Waals surface area contributed by atoms with E-state index in [4.69, 9.17) is 0 Å². The lowest BCUT2D eigenvalue weighted by atomic mass is 10.3. The average Bonchev–Trinajstić information content (AvgIpc) is 2.45. The number of carbonyl (C=O) groups excluding carboxylic acids is 1. The summed E-state index contributed by atoms with van der Waals surface area (Å²) < 4.78 is 0. The van der Waals surface area contributed by atoms with Gasteiger partial charge in [0.1, 0.15) is 0 Å². The van der Waals surface area contributed by atoms with Crippen LogP contribution in [0.4, 0.5) is 5.82 Å². The number of hydrogen-bond acceptors (Lipinski definition) is 4. The highest BCUT2D eigenvalue weighted by atomic mass is 16.3. The third-order valence-electron chi connectivity index (χ3n) is 2.12. The van der Waals surface area contributed by atoms with Gasteiger partial charge in [-0.3, -0.25) is 14.7 Å². The molecule has 1 fully saturated rings. The molecule has 0 aromatic carbocycles. The topological polar surface area (TPSA) is 66.3 Å². The molecule has 74 valence electrons. The number of carbonyl (C=O) groups is 1. The maximum absolute atomic E-state index is 11.4. The lowest BCUT2D eigenvalue weighted by molar-refractivity contribution is -0.117. The Morgan fingerprint density at radius 2 is 2.36 bits per heavy atom. The Balaban J connectivity index is 2.27. The van der Waals surface area contributed by atoms with Crippen molar-refractivity contribution in [2.75, 3.05) is 11.4 Å². The van der Waals surface area contributed by atoms with Gasteiger partial charge in [-0.2, -0.15) is 0 Å². The maximum Gasteiger partial charge on any atom is 0.230 e. The minimum atomic E-state index is -0.579. The normalized spacial score (nSPS) is 21.7. The number of amides is 1. The summed E-state index contributed by atoms with van der Waals surface area (Å²) in [5, 5.41) is 9.29. The minimum absolute atomic E-state index is 0.0996. The lowest BCUT2D eigenvalue weighted by Gasteiger charge is -2.13. The van der Waals surface area contributed by atoms with Crippen molar-refractivity contribution < 1.29 is 9.90 Å². The van der Waals surface area contributed by atoms with Crippen molar-refractivity contribution in [3.8, 4) is 0 Å². The van der Waals surface area contributed by atoms with Gasteiger partial charge in [0.2, 0.25) is 5.91 Å². The molecule has 0 spiro atoms. The van der Waals surface area contributed by atoms with Crippen LogP contribution < -0.4 is 4.90 Å². The van der Waals surface area contributed by atoms with Crippen LogP contribution in [0.1, 0.15) is 12.1 Å². The maximum atomic E-state index is 11.4. The molecule has 0 saturated carbocycles. The summed E-state index contributed by atoms with van der Waals surface area (Å²) in [4.78, 5) is 21.0. The number of β-amino-alcohol motifs (C(OH)–C–C–N with tert-alkyl or cyclic N) is 1. The molecule has 0 aliphatic carbocycles. The van der Waals surface area contributed by atoms with E-state index in [9.17, 15) is 9.90 Å². The standard InChI is InChI=1S/C9H11N3O2/c1-6-3-10-4-8(11-6)12-5-7(13)2-9(12)14/h3-4,7,13H,2,5H2,1H3. The van der Waals surface area contributed by atoms with Gasteiger partial charge in [0.15, 0.2) is 5.82 Å². The predicted octanol–water partition coefficient (Wildman–Crippen LogP) is -0.117. The summed E-state index contributed by atoms with van der Waals surface area (Å²) in [6.07, 6.45) is 2.75. The molecular weight excluding hydrogens is 182 g/mol. The third kappa shape index (κ3) is 1.58. The molecule has 1 aromatic rings. The fourth-order valence-electron chi connectivity index (χ4n) is 1.49. The monoisotopic (exact) mass is 193 g/mol.